The first-order chi connectivity index (χ1) is 23.4. The van der Waals surface area contributed by atoms with Gasteiger partial charge in [-0.05, 0) is 25.8 Å². The van der Waals surface area contributed by atoms with E-state index in [9.17, 15) is 19.3 Å². The zero-order valence-corrected chi connectivity index (χ0v) is 30.1. The van der Waals surface area contributed by atoms with Crippen molar-refractivity contribution in [3.8, 4) is 5.88 Å². The summed E-state index contributed by atoms with van der Waals surface area (Å²) in [6.07, 6.45) is -1.18. The second-order valence-corrected chi connectivity index (χ2v) is 14.8. The van der Waals surface area contributed by atoms with E-state index in [0.717, 1.165) is 17.3 Å². The first kappa shape index (κ1) is 38.5. The molecule has 0 radical (unpaired) electrons. The van der Waals surface area contributed by atoms with Crippen LogP contribution >= 0.6 is 19.5 Å². The molecule has 1 amide bonds. The summed E-state index contributed by atoms with van der Waals surface area (Å²) in [6, 6.07) is 9.31. The Kier molecular flexibility index (Phi) is 13.8. The molecule has 1 aromatic carbocycles. The minimum atomic E-state index is -3.96. The molecule has 0 spiro atoms. The van der Waals surface area contributed by atoms with E-state index in [2.05, 4.69) is 25.4 Å². The molecule has 1 fully saturated rings. The van der Waals surface area contributed by atoms with Crippen molar-refractivity contribution in [2.24, 2.45) is 11.3 Å². The van der Waals surface area contributed by atoms with Gasteiger partial charge in [-0.1, -0.05) is 62.9 Å². The third-order valence-electron chi connectivity index (χ3n) is 7.80. The maximum absolute atomic E-state index is 14.0. The summed E-state index contributed by atoms with van der Waals surface area (Å²) in [5.74, 6) is 0.0130. The van der Waals surface area contributed by atoms with Gasteiger partial charge >= 0.3 is 13.8 Å². The number of nitrogens with one attached hydrogen (secondary N) is 2. The number of carbonyl (C=O) groups is 2. The average Bonchev–Trinajstić information content (AvgIpc) is 3.61. The molecular formula is C31H46N7O9PS. The number of aliphatic hydroxyl groups is 1. The summed E-state index contributed by atoms with van der Waals surface area (Å²) in [7, 11) is -3.96. The van der Waals surface area contributed by atoms with E-state index in [1.54, 1.807) is 25.3 Å². The second kappa shape index (κ2) is 17.6. The molecule has 5 N–H and O–H groups in total. The van der Waals surface area contributed by atoms with Gasteiger partial charge in [0.05, 0.1) is 38.9 Å². The predicted molar refractivity (Wildman–Crippen MR) is 184 cm³/mol. The highest BCUT2D eigenvalue weighted by atomic mass is 32.2. The van der Waals surface area contributed by atoms with Gasteiger partial charge in [-0.3, -0.25) is 18.4 Å². The fourth-order valence-electron chi connectivity index (χ4n) is 5.01. The molecule has 5 atom stereocenters. The van der Waals surface area contributed by atoms with Crippen LogP contribution in [0.2, 0.25) is 0 Å². The standard InChI is InChI=1S/C31H46N7O9PS/c1-6-43-26-23-25(36-29(32)37-26)38(19-34-23)27-20(3)24(39)22(47-27)18-46-48(42,35-17-21-11-9-8-10-12-21)45-15-16-49-28(40)31(4,5)13-14-33-30(41)44-7-2/h8-12,19-20,22,24,27,39H,6-7,13-18H2,1-5H3,(H,33,41)(H,35,42)(H2,32,36,37)/t20-,22+,24-,27?,48?/m0/s1. The Morgan fingerprint density at radius 1 is 1.16 bits per heavy atom. The average molecular weight is 724 g/mol. The molecule has 4 rings (SSSR count). The molecular weight excluding hydrogens is 677 g/mol. The number of anilines is 1. The zero-order valence-electron chi connectivity index (χ0n) is 28.4. The number of amides is 1. The molecule has 270 valence electrons. The number of nitrogens with two attached hydrogens (primary N) is 1. The van der Waals surface area contributed by atoms with Crippen molar-refractivity contribution in [3.63, 3.8) is 0 Å². The molecule has 0 bridgehead atoms. The Morgan fingerprint density at radius 2 is 1.92 bits per heavy atom. The molecule has 2 aromatic heterocycles. The number of imidazole rings is 1. The number of ether oxygens (including phenoxy) is 3. The molecule has 16 nitrogen and oxygen atoms in total. The number of thioether (sulfide) groups is 1. The number of aliphatic hydroxyl groups excluding tert-OH is 1. The Bertz CT molecular complexity index is 1600. The van der Waals surface area contributed by atoms with E-state index in [1.807, 2.05) is 44.2 Å². The fourth-order valence-corrected chi connectivity index (χ4v) is 7.29. The van der Waals surface area contributed by atoms with Crippen LogP contribution in [0.5, 0.6) is 5.88 Å². The van der Waals surface area contributed by atoms with Crippen molar-refractivity contribution in [2.75, 3.05) is 44.5 Å². The number of aromatic nitrogens is 4. The van der Waals surface area contributed by atoms with Gasteiger partial charge in [0.25, 0.3) is 0 Å². The van der Waals surface area contributed by atoms with E-state index < -0.39 is 43.6 Å². The second-order valence-electron chi connectivity index (χ2n) is 11.9. The van der Waals surface area contributed by atoms with Crippen LogP contribution in [-0.2, 0) is 34.4 Å². The first-order valence-electron chi connectivity index (χ1n) is 16.1. The molecule has 18 heteroatoms. The van der Waals surface area contributed by atoms with Gasteiger partial charge in [0, 0.05) is 30.2 Å². The highest BCUT2D eigenvalue weighted by Crippen LogP contribution is 2.46. The summed E-state index contributed by atoms with van der Waals surface area (Å²) < 4.78 is 43.8. The highest BCUT2D eigenvalue weighted by molar-refractivity contribution is 8.13. The highest BCUT2D eigenvalue weighted by Gasteiger charge is 2.44. The van der Waals surface area contributed by atoms with Gasteiger partial charge in [0.2, 0.25) is 11.8 Å². The summed E-state index contributed by atoms with van der Waals surface area (Å²) in [5, 5.41) is 16.5. The van der Waals surface area contributed by atoms with Gasteiger partial charge in [-0.15, -0.1) is 0 Å². The van der Waals surface area contributed by atoms with Crippen LogP contribution in [0.1, 0.15) is 52.8 Å². The van der Waals surface area contributed by atoms with Gasteiger partial charge in [-0.25, -0.2) is 19.4 Å². The van der Waals surface area contributed by atoms with Crippen molar-refractivity contribution < 1.29 is 42.5 Å². The number of fused-ring (bicyclic) bond motifs is 1. The van der Waals surface area contributed by atoms with E-state index in [4.69, 9.17) is 29.0 Å². The molecule has 1 aliphatic heterocycles. The van der Waals surface area contributed by atoms with Gasteiger partial charge in [-0.2, -0.15) is 9.97 Å². The third kappa shape index (κ3) is 10.4. The minimum absolute atomic E-state index is 0.000735. The normalized spacial score (nSPS) is 20.6. The topological polar surface area (TPSA) is 211 Å². The lowest BCUT2D eigenvalue weighted by molar-refractivity contribution is -0.118. The molecule has 2 unspecified atom stereocenters. The number of alkyl carbamates (subject to hydrolysis) is 1. The van der Waals surface area contributed by atoms with Crippen LogP contribution < -0.4 is 20.9 Å². The lowest BCUT2D eigenvalue weighted by Gasteiger charge is -2.24. The summed E-state index contributed by atoms with van der Waals surface area (Å²) in [4.78, 5) is 37.3. The van der Waals surface area contributed by atoms with E-state index in [0.29, 0.717) is 24.2 Å². The number of hydrogen-bond acceptors (Lipinski definition) is 14. The van der Waals surface area contributed by atoms with Crippen LogP contribution in [-0.4, -0.2) is 86.8 Å². The maximum Gasteiger partial charge on any atom is 0.407 e. The number of hydrogen-bond donors (Lipinski definition) is 4. The van der Waals surface area contributed by atoms with Crippen LogP contribution in [0.3, 0.4) is 0 Å². The quantitative estimate of drug-likeness (QED) is 0.108. The van der Waals surface area contributed by atoms with E-state index in [-0.39, 0.29) is 55.6 Å². The Labute approximate surface area is 289 Å². The van der Waals surface area contributed by atoms with Gasteiger partial charge in [0.15, 0.2) is 16.3 Å². The fraction of sp³-hybridized carbons (Fsp3) is 0.581. The SMILES string of the molecule is CCOC(=O)NCCC(C)(C)C(=O)SCCOP(=O)(NCc1ccccc1)OC[C@H]1OC(n2cnc3c(OCC)nc(N)nc32)[C@@H](C)[C@@H]1O. The van der Waals surface area contributed by atoms with Gasteiger partial charge < -0.3 is 30.4 Å². The number of nitrogen functional groups attached to an aromatic ring is 1. The number of carbonyl (C=O) groups excluding carboxylic acids is 2. The molecule has 1 aliphatic rings. The van der Waals surface area contributed by atoms with Gasteiger partial charge in [0.1, 0.15) is 12.3 Å². The van der Waals surface area contributed by atoms with Crippen LogP contribution in [0, 0.1) is 11.3 Å². The molecule has 0 saturated carbocycles. The van der Waals surface area contributed by atoms with Crippen LogP contribution in [0.4, 0.5) is 10.7 Å². The Balaban J connectivity index is 1.37. The molecule has 3 heterocycles. The monoisotopic (exact) mass is 723 g/mol. The summed E-state index contributed by atoms with van der Waals surface area (Å²) >= 11 is 1.04. The van der Waals surface area contributed by atoms with E-state index in [1.165, 1.54) is 6.33 Å². The Morgan fingerprint density at radius 3 is 2.63 bits per heavy atom. The lowest BCUT2D eigenvalue weighted by atomic mass is 9.91. The van der Waals surface area contributed by atoms with Crippen molar-refractivity contribution in [1.82, 2.24) is 29.9 Å². The van der Waals surface area contributed by atoms with Crippen molar-refractivity contribution in [3.05, 3.63) is 42.2 Å². The van der Waals surface area contributed by atoms with Crippen LogP contribution in [0.15, 0.2) is 36.7 Å². The predicted octanol–water partition coefficient (Wildman–Crippen LogP) is 4.05. The van der Waals surface area contributed by atoms with Crippen molar-refractivity contribution in [1.29, 1.82) is 0 Å². The lowest BCUT2D eigenvalue weighted by Crippen LogP contribution is -2.31. The summed E-state index contributed by atoms with van der Waals surface area (Å²) in [5.41, 5.74) is 6.82. The molecule has 0 aliphatic carbocycles. The Hall–Kier alpha value is -3.31. The molecule has 49 heavy (non-hydrogen) atoms. The van der Waals surface area contributed by atoms with Crippen molar-refractivity contribution >= 4 is 47.8 Å². The van der Waals surface area contributed by atoms with Crippen molar-refractivity contribution in [2.45, 2.75) is 66.0 Å². The summed E-state index contributed by atoms with van der Waals surface area (Å²) in [6.45, 7) is 9.67. The molecule has 1 saturated heterocycles. The first-order valence-corrected chi connectivity index (χ1v) is 18.6. The minimum Gasteiger partial charge on any atom is -0.476 e. The zero-order chi connectivity index (χ0) is 35.6. The third-order valence-corrected chi connectivity index (χ3v) is 10.5. The number of rotatable bonds is 18. The maximum atomic E-state index is 14.0. The number of benzene rings is 1. The van der Waals surface area contributed by atoms with Crippen LogP contribution in [0.25, 0.3) is 11.2 Å². The molecule has 3 aromatic rings. The number of nitrogens with zero attached hydrogens (tertiary/aromatic N) is 4. The smallest absolute Gasteiger partial charge is 0.407 e. The largest absolute Gasteiger partial charge is 0.476 e. The van der Waals surface area contributed by atoms with E-state index >= 15 is 0 Å².